The molecular formula is C18H30N2O2. The van der Waals surface area contributed by atoms with E-state index in [0.29, 0.717) is 12.0 Å². The van der Waals surface area contributed by atoms with Crippen LogP contribution in [0.25, 0.3) is 0 Å². The molecule has 0 spiro atoms. The second kappa shape index (κ2) is 5.54. The van der Waals surface area contributed by atoms with Crippen LogP contribution in [0.4, 0.5) is 0 Å². The molecule has 22 heavy (non-hydrogen) atoms. The molecule has 3 fully saturated rings. The Morgan fingerprint density at radius 2 is 1.82 bits per heavy atom. The lowest BCUT2D eigenvalue weighted by Gasteiger charge is -2.45. The lowest BCUT2D eigenvalue weighted by Crippen LogP contribution is -2.61. The molecule has 0 aromatic heterocycles. The zero-order valence-electron chi connectivity index (χ0n) is 14.2. The van der Waals surface area contributed by atoms with E-state index in [1.54, 1.807) is 0 Å². The molecule has 2 heterocycles. The Hall–Kier alpha value is -1.06. The maximum Gasteiger partial charge on any atom is 0.245 e. The molecule has 0 atom stereocenters. The lowest BCUT2D eigenvalue weighted by atomic mass is 9.62. The number of amides is 2. The molecule has 2 aliphatic heterocycles. The normalized spacial score (nSPS) is 38.5. The number of hydrogen-bond acceptors (Lipinski definition) is 2. The van der Waals surface area contributed by atoms with E-state index in [1.807, 2.05) is 13.8 Å². The fourth-order valence-electron chi connectivity index (χ4n) is 4.50. The summed E-state index contributed by atoms with van der Waals surface area (Å²) in [6, 6.07) is 0.314. The van der Waals surface area contributed by atoms with Gasteiger partial charge in [0.15, 0.2) is 0 Å². The summed E-state index contributed by atoms with van der Waals surface area (Å²) in [5, 5.41) is 6.35. The van der Waals surface area contributed by atoms with E-state index in [2.05, 4.69) is 17.6 Å². The Balaban J connectivity index is 1.75. The number of carbonyl (C=O) groups is 2. The highest BCUT2D eigenvalue weighted by atomic mass is 16.2. The molecule has 1 aliphatic carbocycles. The van der Waals surface area contributed by atoms with Crippen LogP contribution in [0.5, 0.6) is 0 Å². The summed E-state index contributed by atoms with van der Waals surface area (Å²) >= 11 is 0. The minimum Gasteiger partial charge on any atom is -0.351 e. The van der Waals surface area contributed by atoms with Crippen LogP contribution >= 0.6 is 0 Å². The van der Waals surface area contributed by atoms with Crippen molar-refractivity contribution >= 4 is 11.8 Å². The topological polar surface area (TPSA) is 58.2 Å². The summed E-state index contributed by atoms with van der Waals surface area (Å²) in [5.74, 6) is 1.31. The zero-order valence-corrected chi connectivity index (χ0v) is 14.2. The van der Waals surface area contributed by atoms with Crippen LogP contribution in [0.15, 0.2) is 0 Å². The fraction of sp³-hybridized carbons (Fsp3) is 0.889. The summed E-state index contributed by atoms with van der Waals surface area (Å²) in [6.07, 6.45) is 7.97. The molecule has 3 aliphatic rings. The molecule has 3 rings (SSSR count). The number of hydrogen-bond donors (Lipinski definition) is 2. The van der Waals surface area contributed by atoms with Gasteiger partial charge in [-0.25, -0.2) is 0 Å². The minimum atomic E-state index is -0.658. The van der Waals surface area contributed by atoms with Gasteiger partial charge in [0.1, 0.15) is 5.54 Å². The summed E-state index contributed by atoms with van der Waals surface area (Å²) in [4.78, 5) is 25.6. The van der Waals surface area contributed by atoms with Gasteiger partial charge in [-0.1, -0.05) is 20.8 Å². The van der Waals surface area contributed by atoms with Crippen molar-refractivity contribution in [3.8, 4) is 0 Å². The third kappa shape index (κ3) is 2.65. The Kier molecular flexibility index (Phi) is 3.98. The predicted molar refractivity (Wildman–Crippen MR) is 86.2 cm³/mol. The molecule has 4 nitrogen and oxygen atoms in total. The molecule has 0 aromatic carbocycles. The molecule has 0 aromatic rings. The van der Waals surface area contributed by atoms with Crippen molar-refractivity contribution in [3.63, 3.8) is 0 Å². The van der Waals surface area contributed by atoms with E-state index in [1.165, 1.54) is 0 Å². The van der Waals surface area contributed by atoms with Crippen molar-refractivity contribution in [3.05, 3.63) is 0 Å². The average Bonchev–Trinajstić information content (AvgIpc) is 2.63. The quantitative estimate of drug-likeness (QED) is 0.842. The molecule has 2 N–H and O–H groups in total. The smallest absolute Gasteiger partial charge is 0.245 e. The summed E-state index contributed by atoms with van der Waals surface area (Å²) < 4.78 is 0. The van der Waals surface area contributed by atoms with Crippen molar-refractivity contribution in [2.45, 2.75) is 83.7 Å². The summed E-state index contributed by atoms with van der Waals surface area (Å²) in [6.45, 7) is 6.33. The number of nitrogens with one attached hydrogen (secondary N) is 2. The molecular weight excluding hydrogens is 276 g/mol. The highest BCUT2D eigenvalue weighted by Crippen LogP contribution is 2.46. The van der Waals surface area contributed by atoms with E-state index in [4.69, 9.17) is 0 Å². The van der Waals surface area contributed by atoms with Gasteiger partial charge in [-0.2, -0.15) is 0 Å². The van der Waals surface area contributed by atoms with Crippen LogP contribution in [-0.2, 0) is 9.59 Å². The third-order valence-electron chi connectivity index (χ3n) is 6.41. The van der Waals surface area contributed by atoms with Crippen LogP contribution in [-0.4, -0.2) is 23.4 Å². The molecule has 124 valence electrons. The van der Waals surface area contributed by atoms with Crippen molar-refractivity contribution in [1.82, 2.24) is 10.6 Å². The largest absolute Gasteiger partial charge is 0.351 e. The van der Waals surface area contributed by atoms with Gasteiger partial charge < -0.3 is 10.6 Å². The number of fused-ring (bicyclic) bond motifs is 3. The monoisotopic (exact) mass is 306 g/mol. The Bertz CT molecular complexity index is 456. The van der Waals surface area contributed by atoms with Crippen LogP contribution in [0.2, 0.25) is 0 Å². The fourth-order valence-corrected chi connectivity index (χ4v) is 4.50. The van der Waals surface area contributed by atoms with Crippen molar-refractivity contribution in [2.75, 3.05) is 0 Å². The highest BCUT2D eigenvalue weighted by molar-refractivity contribution is 5.93. The van der Waals surface area contributed by atoms with Gasteiger partial charge in [0.05, 0.1) is 0 Å². The highest BCUT2D eigenvalue weighted by Gasteiger charge is 2.49. The zero-order chi connectivity index (χ0) is 16.0. The first-order valence-electron chi connectivity index (χ1n) is 8.97. The molecule has 1 saturated carbocycles. The van der Waals surface area contributed by atoms with Gasteiger partial charge in [0, 0.05) is 11.5 Å². The molecule has 0 radical (unpaired) electrons. The van der Waals surface area contributed by atoms with Gasteiger partial charge in [-0.05, 0) is 63.2 Å². The summed E-state index contributed by atoms with van der Waals surface area (Å²) in [7, 11) is 0. The Labute approximate surface area is 133 Å². The van der Waals surface area contributed by atoms with E-state index in [0.717, 1.165) is 57.3 Å². The molecule has 2 amide bonds. The maximum absolute atomic E-state index is 12.9. The molecule has 2 saturated heterocycles. The minimum absolute atomic E-state index is 0.0543. The van der Waals surface area contributed by atoms with E-state index >= 15 is 0 Å². The van der Waals surface area contributed by atoms with Gasteiger partial charge in [-0.3, -0.25) is 9.59 Å². The number of carbonyl (C=O) groups excluding carboxylic acids is 2. The lowest BCUT2D eigenvalue weighted by molar-refractivity contribution is -0.142. The maximum atomic E-state index is 12.9. The van der Waals surface area contributed by atoms with E-state index < -0.39 is 5.54 Å². The summed E-state index contributed by atoms with van der Waals surface area (Å²) in [5.41, 5.74) is -1.03. The standard InChI is InChI=1S/C18H30N2O2/c1-12-10-13(11-12)17(2,3)15(21)20-18-8-4-6-14(7-5-9-18)19-16(18)22/h12-14H,4-11H2,1-3H3,(H,19,22)(H,20,21). The van der Waals surface area contributed by atoms with Crippen molar-refractivity contribution in [1.29, 1.82) is 0 Å². The Morgan fingerprint density at radius 1 is 1.23 bits per heavy atom. The van der Waals surface area contributed by atoms with E-state index in [9.17, 15) is 9.59 Å². The van der Waals surface area contributed by atoms with Crippen LogP contribution < -0.4 is 10.6 Å². The van der Waals surface area contributed by atoms with Gasteiger partial charge in [0.2, 0.25) is 11.8 Å². The van der Waals surface area contributed by atoms with Gasteiger partial charge in [-0.15, -0.1) is 0 Å². The van der Waals surface area contributed by atoms with Gasteiger partial charge in [0.25, 0.3) is 0 Å². The van der Waals surface area contributed by atoms with Gasteiger partial charge >= 0.3 is 0 Å². The second-order valence-electron chi connectivity index (χ2n) is 8.49. The first-order valence-corrected chi connectivity index (χ1v) is 8.97. The predicted octanol–water partition coefficient (Wildman–Crippen LogP) is 2.77. The molecule has 4 heteroatoms. The third-order valence-corrected chi connectivity index (χ3v) is 6.41. The molecule has 0 unspecified atom stereocenters. The van der Waals surface area contributed by atoms with Crippen molar-refractivity contribution in [2.24, 2.45) is 17.3 Å². The molecule has 2 bridgehead atoms. The first-order chi connectivity index (χ1) is 10.3. The SMILES string of the molecule is CC1CC(C(C)(C)C(=O)NC23CCCC(CCC2)NC3=O)C1. The Morgan fingerprint density at radius 3 is 2.36 bits per heavy atom. The first kappa shape index (κ1) is 15.8. The number of rotatable bonds is 3. The van der Waals surface area contributed by atoms with Crippen molar-refractivity contribution < 1.29 is 9.59 Å². The van der Waals surface area contributed by atoms with Crippen LogP contribution in [0.3, 0.4) is 0 Å². The van der Waals surface area contributed by atoms with Crippen LogP contribution in [0, 0.1) is 17.3 Å². The van der Waals surface area contributed by atoms with E-state index in [-0.39, 0.29) is 17.2 Å². The van der Waals surface area contributed by atoms with Crippen LogP contribution in [0.1, 0.15) is 72.1 Å². The second-order valence-corrected chi connectivity index (χ2v) is 8.49. The average molecular weight is 306 g/mol.